The Balaban J connectivity index is 1.64. The van der Waals surface area contributed by atoms with Crippen LogP contribution in [0.25, 0.3) is 0 Å². The van der Waals surface area contributed by atoms with Crippen LogP contribution in [0.5, 0.6) is 5.75 Å². The van der Waals surface area contributed by atoms with Gasteiger partial charge in [-0.05, 0) is 37.6 Å². The summed E-state index contributed by atoms with van der Waals surface area (Å²) in [6.45, 7) is 1.29. The molecule has 1 fully saturated rings. The van der Waals surface area contributed by atoms with Crippen molar-refractivity contribution >= 4 is 5.91 Å². The molecule has 0 aliphatic heterocycles. The van der Waals surface area contributed by atoms with Gasteiger partial charge in [0.25, 0.3) is 0 Å². The van der Waals surface area contributed by atoms with Gasteiger partial charge >= 0.3 is 0 Å². The SMILES string of the molecule is CNCc1ccc(OCCC(=O)NC2CCCCC2)cc1. The first-order valence-corrected chi connectivity index (χ1v) is 7.93. The van der Waals surface area contributed by atoms with Gasteiger partial charge in [-0.3, -0.25) is 4.79 Å². The van der Waals surface area contributed by atoms with Crippen molar-refractivity contribution in [3.63, 3.8) is 0 Å². The molecule has 0 radical (unpaired) electrons. The molecule has 0 heterocycles. The third kappa shape index (κ3) is 5.76. The first-order valence-electron chi connectivity index (χ1n) is 7.93. The largest absolute Gasteiger partial charge is 0.493 e. The van der Waals surface area contributed by atoms with Crippen molar-refractivity contribution in [2.45, 2.75) is 51.1 Å². The van der Waals surface area contributed by atoms with Crippen molar-refractivity contribution < 1.29 is 9.53 Å². The molecule has 1 aliphatic carbocycles. The maximum Gasteiger partial charge on any atom is 0.223 e. The van der Waals surface area contributed by atoms with E-state index < -0.39 is 0 Å². The summed E-state index contributed by atoms with van der Waals surface area (Å²) in [6, 6.07) is 8.35. The van der Waals surface area contributed by atoms with Crippen LogP contribution >= 0.6 is 0 Å². The number of carbonyl (C=O) groups is 1. The van der Waals surface area contributed by atoms with E-state index in [2.05, 4.69) is 10.6 Å². The third-order valence-corrected chi connectivity index (χ3v) is 3.87. The molecule has 4 heteroatoms. The lowest BCUT2D eigenvalue weighted by Crippen LogP contribution is -2.36. The average molecular weight is 290 g/mol. The van der Waals surface area contributed by atoms with Crippen molar-refractivity contribution in [1.29, 1.82) is 0 Å². The molecule has 0 atom stereocenters. The van der Waals surface area contributed by atoms with Crippen LogP contribution in [0.4, 0.5) is 0 Å². The predicted molar refractivity (Wildman–Crippen MR) is 84.3 cm³/mol. The minimum atomic E-state index is 0.105. The van der Waals surface area contributed by atoms with Crippen LogP contribution in [0.2, 0.25) is 0 Å². The smallest absolute Gasteiger partial charge is 0.223 e. The standard InChI is InChI=1S/C17H26N2O2/c1-18-13-14-7-9-16(10-8-14)21-12-11-17(20)19-15-5-3-2-4-6-15/h7-10,15,18H,2-6,11-13H2,1H3,(H,19,20). The number of rotatable bonds is 7. The second-order valence-corrected chi connectivity index (χ2v) is 5.68. The fourth-order valence-corrected chi connectivity index (χ4v) is 2.72. The highest BCUT2D eigenvalue weighted by molar-refractivity contribution is 5.76. The summed E-state index contributed by atoms with van der Waals surface area (Å²) in [5.74, 6) is 0.925. The molecule has 116 valence electrons. The zero-order valence-corrected chi connectivity index (χ0v) is 12.9. The Morgan fingerprint density at radius 3 is 2.57 bits per heavy atom. The van der Waals surface area contributed by atoms with E-state index in [1.807, 2.05) is 31.3 Å². The molecule has 1 amide bonds. The molecular weight excluding hydrogens is 264 g/mol. The summed E-state index contributed by atoms with van der Waals surface area (Å²) >= 11 is 0. The van der Waals surface area contributed by atoms with Gasteiger partial charge in [0, 0.05) is 12.6 Å². The van der Waals surface area contributed by atoms with Crippen LogP contribution in [0, 0.1) is 0 Å². The molecule has 0 unspecified atom stereocenters. The highest BCUT2D eigenvalue weighted by Gasteiger charge is 2.15. The maximum absolute atomic E-state index is 11.8. The minimum absolute atomic E-state index is 0.105. The molecule has 0 saturated heterocycles. The fraction of sp³-hybridized carbons (Fsp3) is 0.588. The Hall–Kier alpha value is -1.55. The molecule has 1 saturated carbocycles. The van der Waals surface area contributed by atoms with Gasteiger partial charge in [-0.1, -0.05) is 31.4 Å². The molecule has 0 spiro atoms. The van der Waals surface area contributed by atoms with E-state index in [0.29, 0.717) is 19.1 Å². The number of carbonyl (C=O) groups excluding carboxylic acids is 1. The van der Waals surface area contributed by atoms with E-state index in [0.717, 1.165) is 25.1 Å². The topological polar surface area (TPSA) is 50.4 Å². The van der Waals surface area contributed by atoms with Crippen molar-refractivity contribution in [2.75, 3.05) is 13.7 Å². The van der Waals surface area contributed by atoms with E-state index in [-0.39, 0.29) is 5.91 Å². The molecule has 1 aromatic rings. The summed E-state index contributed by atoms with van der Waals surface area (Å²) < 4.78 is 5.62. The van der Waals surface area contributed by atoms with E-state index >= 15 is 0 Å². The second kappa shape index (κ2) is 8.67. The van der Waals surface area contributed by atoms with Crippen LogP contribution in [-0.2, 0) is 11.3 Å². The molecule has 2 N–H and O–H groups in total. The van der Waals surface area contributed by atoms with Gasteiger partial charge in [-0.15, -0.1) is 0 Å². The monoisotopic (exact) mass is 290 g/mol. The van der Waals surface area contributed by atoms with Crippen molar-refractivity contribution in [3.05, 3.63) is 29.8 Å². The minimum Gasteiger partial charge on any atom is -0.493 e. The molecule has 0 aromatic heterocycles. The zero-order valence-electron chi connectivity index (χ0n) is 12.9. The van der Waals surface area contributed by atoms with E-state index in [1.165, 1.54) is 24.8 Å². The van der Waals surface area contributed by atoms with Gasteiger partial charge in [0.05, 0.1) is 13.0 Å². The number of nitrogens with one attached hydrogen (secondary N) is 2. The molecule has 21 heavy (non-hydrogen) atoms. The highest BCUT2D eigenvalue weighted by atomic mass is 16.5. The van der Waals surface area contributed by atoms with Crippen molar-refractivity contribution in [3.8, 4) is 5.75 Å². The molecule has 4 nitrogen and oxygen atoms in total. The number of amides is 1. The number of hydrogen-bond donors (Lipinski definition) is 2. The van der Waals surface area contributed by atoms with Crippen LogP contribution in [0.1, 0.15) is 44.1 Å². The molecule has 1 aliphatic rings. The lowest BCUT2D eigenvalue weighted by atomic mass is 9.95. The summed E-state index contributed by atoms with van der Waals surface area (Å²) in [4.78, 5) is 11.8. The Bertz CT molecular complexity index is 425. The first-order chi connectivity index (χ1) is 10.3. The van der Waals surface area contributed by atoms with Gasteiger partial charge < -0.3 is 15.4 Å². The molecule has 2 rings (SSSR count). The van der Waals surface area contributed by atoms with Crippen LogP contribution in [0.3, 0.4) is 0 Å². The summed E-state index contributed by atoms with van der Waals surface area (Å²) in [5.41, 5.74) is 1.22. The van der Waals surface area contributed by atoms with Gasteiger partial charge in [-0.2, -0.15) is 0 Å². The first kappa shape index (κ1) is 15.8. The molecule has 0 bridgehead atoms. The predicted octanol–water partition coefficient (Wildman–Crippen LogP) is 2.62. The Labute approximate surface area is 127 Å². The quantitative estimate of drug-likeness (QED) is 0.811. The number of benzene rings is 1. The number of ether oxygens (including phenoxy) is 1. The van der Waals surface area contributed by atoms with E-state index in [1.54, 1.807) is 0 Å². The van der Waals surface area contributed by atoms with Crippen LogP contribution < -0.4 is 15.4 Å². The van der Waals surface area contributed by atoms with E-state index in [4.69, 9.17) is 4.74 Å². The molecular formula is C17H26N2O2. The second-order valence-electron chi connectivity index (χ2n) is 5.68. The highest BCUT2D eigenvalue weighted by Crippen LogP contribution is 2.17. The average Bonchev–Trinajstić information content (AvgIpc) is 2.50. The van der Waals surface area contributed by atoms with Gasteiger partial charge in [0.2, 0.25) is 5.91 Å². The number of hydrogen-bond acceptors (Lipinski definition) is 3. The summed E-state index contributed by atoms with van der Waals surface area (Å²) in [6.07, 6.45) is 6.45. The fourth-order valence-electron chi connectivity index (χ4n) is 2.72. The normalized spacial score (nSPS) is 15.7. The van der Waals surface area contributed by atoms with Crippen LogP contribution in [0.15, 0.2) is 24.3 Å². The van der Waals surface area contributed by atoms with Crippen molar-refractivity contribution in [2.24, 2.45) is 0 Å². The van der Waals surface area contributed by atoms with Crippen LogP contribution in [-0.4, -0.2) is 25.6 Å². The van der Waals surface area contributed by atoms with Crippen molar-refractivity contribution in [1.82, 2.24) is 10.6 Å². The zero-order chi connectivity index (χ0) is 14.9. The molecule has 1 aromatic carbocycles. The lowest BCUT2D eigenvalue weighted by molar-refractivity contribution is -0.122. The Kier molecular flexibility index (Phi) is 6.54. The van der Waals surface area contributed by atoms with Gasteiger partial charge in [-0.25, -0.2) is 0 Å². The lowest BCUT2D eigenvalue weighted by Gasteiger charge is -2.22. The third-order valence-electron chi connectivity index (χ3n) is 3.87. The Morgan fingerprint density at radius 2 is 1.90 bits per heavy atom. The van der Waals surface area contributed by atoms with E-state index in [9.17, 15) is 4.79 Å². The Morgan fingerprint density at radius 1 is 1.19 bits per heavy atom. The summed E-state index contributed by atoms with van der Waals surface area (Å²) in [7, 11) is 1.93. The summed E-state index contributed by atoms with van der Waals surface area (Å²) in [5, 5.41) is 6.21. The van der Waals surface area contributed by atoms with Gasteiger partial charge in [0.1, 0.15) is 5.75 Å². The van der Waals surface area contributed by atoms with Gasteiger partial charge in [0.15, 0.2) is 0 Å². The maximum atomic E-state index is 11.8.